The number of anilines is 1. The lowest BCUT2D eigenvalue weighted by molar-refractivity contribution is -0.138. The minimum Gasteiger partial charge on any atom is -0.325 e. The summed E-state index contributed by atoms with van der Waals surface area (Å²) < 4.78 is 14.2. The SMILES string of the molecule is O=C1CC(N(Cc2ccc(F)cc2)C(=O)Cc2ccccc2)C(=O)N1c1ccc(Br)cc1. The Balaban J connectivity index is 1.63. The Morgan fingerprint density at radius 3 is 2.25 bits per heavy atom. The standard InChI is InChI=1S/C25H20BrFN2O3/c26-19-8-12-21(13-9-19)29-24(31)15-22(25(29)32)28(16-18-6-10-20(27)11-7-18)23(30)14-17-4-2-1-3-5-17/h1-13,22H,14-16H2. The van der Waals surface area contributed by atoms with Crippen molar-refractivity contribution in [2.24, 2.45) is 0 Å². The fourth-order valence-electron chi connectivity index (χ4n) is 3.75. The molecular formula is C25H20BrFN2O3. The first kappa shape index (κ1) is 21.9. The van der Waals surface area contributed by atoms with Gasteiger partial charge in [0.1, 0.15) is 11.9 Å². The van der Waals surface area contributed by atoms with Crippen molar-refractivity contribution < 1.29 is 18.8 Å². The molecule has 3 aromatic carbocycles. The van der Waals surface area contributed by atoms with Gasteiger partial charge in [0.15, 0.2) is 0 Å². The second-order valence-corrected chi connectivity index (χ2v) is 8.49. The van der Waals surface area contributed by atoms with Gasteiger partial charge in [-0.25, -0.2) is 9.29 Å². The summed E-state index contributed by atoms with van der Waals surface area (Å²) in [5, 5.41) is 0. The summed E-state index contributed by atoms with van der Waals surface area (Å²) in [6.45, 7) is 0.101. The lowest BCUT2D eigenvalue weighted by atomic mass is 10.1. The molecule has 1 atom stereocenters. The van der Waals surface area contributed by atoms with Crippen molar-refractivity contribution in [1.82, 2.24) is 4.90 Å². The first-order chi connectivity index (χ1) is 15.4. The van der Waals surface area contributed by atoms with Crippen LogP contribution in [0.15, 0.2) is 83.3 Å². The van der Waals surface area contributed by atoms with Gasteiger partial charge in [-0.15, -0.1) is 0 Å². The second kappa shape index (κ2) is 9.44. The fourth-order valence-corrected chi connectivity index (χ4v) is 4.02. The van der Waals surface area contributed by atoms with Crippen LogP contribution in [0, 0.1) is 5.82 Å². The van der Waals surface area contributed by atoms with E-state index in [1.807, 2.05) is 30.3 Å². The molecule has 0 aliphatic carbocycles. The number of imide groups is 1. The van der Waals surface area contributed by atoms with Crippen LogP contribution >= 0.6 is 15.9 Å². The monoisotopic (exact) mass is 494 g/mol. The number of nitrogens with zero attached hydrogens (tertiary/aromatic N) is 2. The maximum Gasteiger partial charge on any atom is 0.257 e. The summed E-state index contributed by atoms with van der Waals surface area (Å²) in [4.78, 5) is 41.9. The molecule has 1 unspecified atom stereocenters. The van der Waals surface area contributed by atoms with Crippen molar-refractivity contribution in [2.45, 2.75) is 25.4 Å². The summed E-state index contributed by atoms with van der Waals surface area (Å²) in [6, 6.07) is 20.9. The number of amides is 3. The fraction of sp³-hybridized carbons (Fsp3) is 0.160. The van der Waals surface area contributed by atoms with Crippen LogP contribution in [0.3, 0.4) is 0 Å². The highest BCUT2D eigenvalue weighted by Crippen LogP contribution is 2.28. The Bertz CT molecular complexity index is 1130. The molecule has 3 aromatic rings. The Labute approximate surface area is 193 Å². The van der Waals surface area contributed by atoms with Crippen molar-refractivity contribution in [1.29, 1.82) is 0 Å². The minimum absolute atomic E-state index is 0.0955. The first-order valence-corrected chi connectivity index (χ1v) is 10.9. The molecule has 4 rings (SSSR count). The number of rotatable bonds is 6. The predicted octanol–water partition coefficient (Wildman–Crippen LogP) is 4.49. The largest absolute Gasteiger partial charge is 0.325 e. The van der Waals surface area contributed by atoms with Crippen molar-refractivity contribution >= 4 is 39.3 Å². The molecule has 3 amide bonds. The smallest absolute Gasteiger partial charge is 0.257 e. The Morgan fingerprint density at radius 1 is 0.938 bits per heavy atom. The van der Waals surface area contributed by atoms with E-state index in [1.54, 1.807) is 36.4 Å². The van der Waals surface area contributed by atoms with Crippen molar-refractivity contribution in [3.8, 4) is 0 Å². The van der Waals surface area contributed by atoms with Crippen LogP contribution in [0.2, 0.25) is 0 Å². The van der Waals surface area contributed by atoms with E-state index in [1.165, 1.54) is 17.0 Å². The minimum atomic E-state index is -0.924. The molecule has 162 valence electrons. The van der Waals surface area contributed by atoms with Crippen LogP contribution < -0.4 is 4.90 Å². The Morgan fingerprint density at radius 2 is 1.59 bits per heavy atom. The van der Waals surface area contributed by atoms with Gasteiger partial charge in [0, 0.05) is 11.0 Å². The van der Waals surface area contributed by atoms with Gasteiger partial charge in [0.25, 0.3) is 5.91 Å². The van der Waals surface area contributed by atoms with Gasteiger partial charge in [0.05, 0.1) is 18.5 Å². The molecule has 0 radical (unpaired) electrons. The van der Waals surface area contributed by atoms with Crippen LogP contribution in [-0.4, -0.2) is 28.7 Å². The third-order valence-electron chi connectivity index (χ3n) is 5.37. The Hall–Kier alpha value is -3.32. The third kappa shape index (κ3) is 4.78. The maximum atomic E-state index is 13.4. The lowest BCUT2D eigenvalue weighted by Gasteiger charge is -2.28. The zero-order chi connectivity index (χ0) is 22.7. The van der Waals surface area contributed by atoms with E-state index in [-0.39, 0.29) is 37.0 Å². The predicted molar refractivity (Wildman–Crippen MR) is 122 cm³/mol. The van der Waals surface area contributed by atoms with E-state index in [0.29, 0.717) is 11.3 Å². The van der Waals surface area contributed by atoms with Crippen LogP contribution in [0.5, 0.6) is 0 Å². The summed E-state index contributed by atoms with van der Waals surface area (Å²) >= 11 is 3.34. The van der Waals surface area contributed by atoms with Crippen LogP contribution in [0.1, 0.15) is 17.5 Å². The molecule has 1 heterocycles. The Kier molecular flexibility index (Phi) is 6.46. The van der Waals surface area contributed by atoms with Crippen LogP contribution in [0.4, 0.5) is 10.1 Å². The summed E-state index contributed by atoms with van der Waals surface area (Å²) in [5.41, 5.74) is 1.95. The average molecular weight is 495 g/mol. The van der Waals surface area contributed by atoms with Crippen LogP contribution in [0.25, 0.3) is 0 Å². The molecule has 32 heavy (non-hydrogen) atoms. The number of carbonyl (C=O) groups is 3. The molecule has 7 heteroatoms. The summed E-state index contributed by atoms with van der Waals surface area (Å²) in [5.74, 6) is -1.46. The van der Waals surface area contributed by atoms with Gasteiger partial charge in [-0.1, -0.05) is 58.4 Å². The van der Waals surface area contributed by atoms with Gasteiger partial charge in [0.2, 0.25) is 11.8 Å². The highest BCUT2D eigenvalue weighted by molar-refractivity contribution is 9.10. The maximum absolute atomic E-state index is 13.4. The zero-order valence-electron chi connectivity index (χ0n) is 17.1. The highest BCUT2D eigenvalue weighted by Gasteiger charge is 2.44. The van der Waals surface area contributed by atoms with Gasteiger partial charge in [-0.3, -0.25) is 14.4 Å². The lowest BCUT2D eigenvalue weighted by Crippen LogP contribution is -2.45. The van der Waals surface area contributed by atoms with E-state index in [2.05, 4.69) is 15.9 Å². The quantitative estimate of drug-likeness (QED) is 0.474. The number of hydrogen-bond donors (Lipinski definition) is 0. The van der Waals surface area contributed by atoms with E-state index in [9.17, 15) is 18.8 Å². The van der Waals surface area contributed by atoms with Gasteiger partial charge < -0.3 is 4.90 Å². The normalized spacial score (nSPS) is 15.8. The summed E-state index contributed by atoms with van der Waals surface area (Å²) in [7, 11) is 0. The number of halogens is 2. The third-order valence-corrected chi connectivity index (χ3v) is 5.90. The first-order valence-electron chi connectivity index (χ1n) is 10.1. The molecule has 0 N–H and O–H groups in total. The molecular weight excluding hydrogens is 475 g/mol. The van der Waals surface area contributed by atoms with E-state index in [4.69, 9.17) is 0 Å². The number of carbonyl (C=O) groups excluding carboxylic acids is 3. The van der Waals surface area contributed by atoms with Gasteiger partial charge in [-0.05, 0) is 47.5 Å². The van der Waals surface area contributed by atoms with E-state index < -0.39 is 11.9 Å². The van der Waals surface area contributed by atoms with Gasteiger partial charge >= 0.3 is 0 Å². The second-order valence-electron chi connectivity index (χ2n) is 7.57. The molecule has 0 saturated carbocycles. The van der Waals surface area contributed by atoms with Crippen molar-refractivity contribution in [3.63, 3.8) is 0 Å². The molecule has 1 aliphatic heterocycles. The van der Waals surface area contributed by atoms with Crippen molar-refractivity contribution in [3.05, 3.63) is 100 Å². The number of benzene rings is 3. The molecule has 0 bridgehead atoms. The molecule has 5 nitrogen and oxygen atoms in total. The van der Waals surface area contributed by atoms with Gasteiger partial charge in [-0.2, -0.15) is 0 Å². The highest BCUT2D eigenvalue weighted by atomic mass is 79.9. The van der Waals surface area contributed by atoms with E-state index >= 15 is 0 Å². The zero-order valence-corrected chi connectivity index (χ0v) is 18.7. The molecule has 1 fully saturated rings. The molecule has 1 saturated heterocycles. The number of hydrogen-bond acceptors (Lipinski definition) is 3. The molecule has 1 aliphatic rings. The average Bonchev–Trinajstić information content (AvgIpc) is 3.08. The molecule has 0 aromatic heterocycles. The topological polar surface area (TPSA) is 57.7 Å². The van der Waals surface area contributed by atoms with E-state index in [0.717, 1.165) is 14.9 Å². The summed E-state index contributed by atoms with van der Waals surface area (Å²) in [6.07, 6.45) is -0.00505. The van der Waals surface area contributed by atoms with Crippen LogP contribution in [-0.2, 0) is 27.3 Å². The molecule has 0 spiro atoms. The van der Waals surface area contributed by atoms with Crippen molar-refractivity contribution in [2.75, 3.05) is 4.90 Å².